The molecule has 21 heavy (non-hydrogen) atoms. The van der Waals surface area contributed by atoms with Gasteiger partial charge >= 0.3 is 0 Å². The van der Waals surface area contributed by atoms with Gasteiger partial charge in [-0.05, 0) is 48.6 Å². The number of nitrogens with one attached hydrogen (secondary N) is 1. The number of carbonyl (C=O) groups excluding carboxylic acids is 1. The van der Waals surface area contributed by atoms with E-state index < -0.39 is 0 Å². The van der Waals surface area contributed by atoms with Crippen LogP contribution in [-0.4, -0.2) is 29.4 Å². The van der Waals surface area contributed by atoms with Crippen molar-refractivity contribution in [1.82, 2.24) is 4.90 Å². The summed E-state index contributed by atoms with van der Waals surface area (Å²) in [4.78, 5) is 13.7. The van der Waals surface area contributed by atoms with E-state index in [9.17, 15) is 9.18 Å². The minimum absolute atomic E-state index is 0.116. The number of carbonyl (C=O) groups is 1. The molecule has 0 saturated heterocycles. The van der Waals surface area contributed by atoms with Crippen molar-refractivity contribution in [2.24, 2.45) is 0 Å². The number of benzene rings is 2. The summed E-state index contributed by atoms with van der Waals surface area (Å²) >= 11 is 5.25. The van der Waals surface area contributed by atoms with Crippen LogP contribution in [0.1, 0.15) is 10.4 Å². The van der Waals surface area contributed by atoms with E-state index in [1.165, 1.54) is 24.3 Å². The first-order chi connectivity index (χ1) is 10.1. The lowest BCUT2D eigenvalue weighted by Gasteiger charge is -2.20. The molecule has 0 unspecified atom stereocenters. The van der Waals surface area contributed by atoms with E-state index in [4.69, 9.17) is 12.2 Å². The Hall–Kier alpha value is -2.27. The van der Waals surface area contributed by atoms with E-state index in [2.05, 4.69) is 5.32 Å². The first kappa shape index (κ1) is 15.1. The lowest BCUT2D eigenvalue weighted by Crippen LogP contribution is -2.35. The Morgan fingerprint density at radius 3 is 2.38 bits per heavy atom. The van der Waals surface area contributed by atoms with E-state index in [0.717, 1.165) is 5.69 Å². The monoisotopic (exact) mass is 302 g/mol. The Morgan fingerprint density at radius 1 is 1.14 bits per heavy atom. The van der Waals surface area contributed by atoms with Crippen LogP contribution < -0.4 is 5.32 Å². The maximum Gasteiger partial charge on any atom is 0.182 e. The number of anilines is 1. The Labute approximate surface area is 128 Å². The number of hydrogen-bond acceptors (Lipinski definition) is 2. The highest BCUT2D eigenvalue weighted by molar-refractivity contribution is 7.80. The molecule has 0 radical (unpaired) electrons. The van der Waals surface area contributed by atoms with Gasteiger partial charge in [-0.15, -0.1) is 0 Å². The Kier molecular flexibility index (Phi) is 5.00. The van der Waals surface area contributed by atoms with Gasteiger partial charge in [-0.2, -0.15) is 0 Å². The molecule has 0 amide bonds. The van der Waals surface area contributed by atoms with E-state index in [-0.39, 0.29) is 18.1 Å². The fourth-order valence-corrected chi connectivity index (χ4v) is 1.94. The first-order valence-electron chi connectivity index (χ1n) is 6.42. The highest BCUT2D eigenvalue weighted by Gasteiger charge is 2.12. The van der Waals surface area contributed by atoms with E-state index >= 15 is 0 Å². The summed E-state index contributed by atoms with van der Waals surface area (Å²) in [6.07, 6.45) is 0. The van der Waals surface area contributed by atoms with Gasteiger partial charge in [0.2, 0.25) is 0 Å². The molecule has 2 rings (SSSR count). The zero-order valence-electron chi connectivity index (χ0n) is 11.5. The van der Waals surface area contributed by atoms with Crippen LogP contribution >= 0.6 is 12.2 Å². The summed E-state index contributed by atoms with van der Waals surface area (Å²) in [6.45, 7) is 0.129. The Balaban J connectivity index is 1.94. The fraction of sp³-hybridized carbons (Fsp3) is 0.125. The highest BCUT2D eigenvalue weighted by Crippen LogP contribution is 2.08. The van der Waals surface area contributed by atoms with Crippen LogP contribution in [-0.2, 0) is 0 Å². The minimum Gasteiger partial charge on any atom is -0.344 e. The SMILES string of the molecule is CN(CC(=O)c1ccc(F)cc1)C(=S)Nc1ccccc1. The quantitative estimate of drug-likeness (QED) is 0.693. The highest BCUT2D eigenvalue weighted by atomic mass is 32.1. The van der Waals surface area contributed by atoms with Gasteiger partial charge in [0.25, 0.3) is 0 Å². The molecule has 108 valence electrons. The van der Waals surface area contributed by atoms with Crippen LogP contribution in [0.4, 0.5) is 10.1 Å². The lowest BCUT2D eigenvalue weighted by molar-refractivity contribution is 0.0971. The van der Waals surface area contributed by atoms with Crippen LogP contribution in [0.25, 0.3) is 0 Å². The van der Waals surface area contributed by atoms with E-state index in [1.54, 1.807) is 11.9 Å². The average molecular weight is 302 g/mol. The molecule has 0 heterocycles. The summed E-state index contributed by atoms with van der Waals surface area (Å²) in [6, 6.07) is 15.0. The van der Waals surface area contributed by atoms with Gasteiger partial charge in [0.1, 0.15) is 5.82 Å². The third-order valence-electron chi connectivity index (χ3n) is 2.92. The molecule has 3 nitrogen and oxygen atoms in total. The van der Waals surface area contributed by atoms with Crippen molar-refractivity contribution in [3.05, 3.63) is 66.0 Å². The number of halogens is 1. The second-order valence-corrected chi connectivity index (χ2v) is 4.97. The van der Waals surface area contributed by atoms with Crippen molar-refractivity contribution in [2.45, 2.75) is 0 Å². The van der Waals surface area contributed by atoms with Gasteiger partial charge in [-0.3, -0.25) is 4.79 Å². The minimum atomic E-state index is -0.360. The smallest absolute Gasteiger partial charge is 0.182 e. The molecular weight excluding hydrogens is 287 g/mol. The van der Waals surface area contributed by atoms with Gasteiger partial charge < -0.3 is 10.2 Å². The van der Waals surface area contributed by atoms with Crippen LogP contribution in [0.2, 0.25) is 0 Å². The van der Waals surface area contributed by atoms with Gasteiger partial charge in [-0.1, -0.05) is 18.2 Å². The summed E-state index contributed by atoms with van der Waals surface area (Å²) in [7, 11) is 1.74. The molecule has 0 bridgehead atoms. The maximum atomic E-state index is 12.8. The molecule has 0 aliphatic carbocycles. The van der Waals surface area contributed by atoms with Crippen LogP contribution in [0.3, 0.4) is 0 Å². The molecule has 0 spiro atoms. The van der Waals surface area contributed by atoms with Crippen molar-refractivity contribution in [2.75, 3.05) is 18.9 Å². The van der Waals surface area contributed by atoms with E-state index in [1.807, 2.05) is 30.3 Å². The van der Waals surface area contributed by atoms with Gasteiger partial charge in [0.05, 0.1) is 6.54 Å². The molecule has 5 heteroatoms. The number of Topliss-reactive ketones (excluding diaryl/α,β-unsaturated/α-hetero) is 1. The molecule has 2 aromatic rings. The molecule has 2 aromatic carbocycles. The molecule has 0 aliphatic heterocycles. The molecule has 1 N–H and O–H groups in total. The van der Waals surface area contributed by atoms with E-state index in [0.29, 0.717) is 10.7 Å². The number of likely N-dealkylation sites (N-methyl/N-ethyl adjacent to an activating group) is 1. The number of rotatable bonds is 4. The number of nitrogens with zero attached hydrogens (tertiary/aromatic N) is 1. The number of para-hydroxylation sites is 1. The van der Waals surface area contributed by atoms with Gasteiger partial charge in [-0.25, -0.2) is 4.39 Å². The molecule has 0 atom stereocenters. The normalized spacial score (nSPS) is 10.0. The number of ketones is 1. The summed E-state index contributed by atoms with van der Waals surface area (Å²) in [5.41, 5.74) is 1.33. The number of thiocarbonyl (C=S) groups is 1. The second-order valence-electron chi connectivity index (χ2n) is 4.58. The summed E-state index contributed by atoms with van der Waals surface area (Å²) in [5.74, 6) is -0.476. The predicted molar refractivity (Wildman–Crippen MR) is 86.0 cm³/mol. The first-order valence-corrected chi connectivity index (χ1v) is 6.83. The Bertz CT molecular complexity index is 628. The standard InChI is InChI=1S/C16H15FN2OS/c1-19(16(21)18-14-5-3-2-4-6-14)11-15(20)12-7-9-13(17)10-8-12/h2-10H,11H2,1H3,(H,18,21). The molecule has 0 aliphatic rings. The topological polar surface area (TPSA) is 32.3 Å². The van der Waals surface area contributed by atoms with Crippen LogP contribution in [0.15, 0.2) is 54.6 Å². The van der Waals surface area contributed by atoms with Crippen molar-refractivity contribution in [3.63, 3.8) is 0 Å². The average Bonchev–Trinajstić information content (AvgIpc) is 2.48. The third kappa shape index (κ3) is 4.36. The van der Waals surface area contributed by atoms with Gasteiger partial charge in [0.15, 0.2) is 10.9 Å². The zero-order valence-corrected chi connectivity index (χ0v) is 12.4. The molecule has 0 aromatic heterocycles. The number of hydrogen-bond donors (Lipinski definition) is 1. The van der Waals surface area contributed by atoms with Crippen molar-refractivity contribution in [1.29, 1.82) is 0 Å². The van der Waals surface area contributed by atoms with Crippen LogP contribution in [0, 0.1) is 5.82 Å². The van der Waals surface area contributed by atoms with Crippen molar-refractivity contribution in [3.8, 4) is 0 Å². The predicted octanol–water partition coefficient (Wildman–Crippen LogP) is 3.34. The maximum absolute atomic E-state index is 12.8. The lowest BCUT2D eigenvalue weighted by atomic mass is 10.1. The summed E-state index contributed by atoms with van der Waals surface area (Å²) < 4.78 is 12.8. The zero-order chi connectivity index (χ0) is 15.2. The molecular formula is C16H15FN2OS. The van der Waals surface area contributed by atoms with Gasteiger partial charge in [0, 0.05) is 18.3 Å². The molecule has 0 fully saturated rings. The summed E-state index contributed by atoms with van der Waals surface area (Å²) in [5, 5.41) is 3.51. The van der Waals surface area contributed by atoms with Crippen molar-refractivity contribution < 1.29 is 9.18 Å². The fourth-order valence-electron chi connectivity index (χ4n) is 1.75. The second kappa shape index (κ2) is 6.95. The largest absolute Gasteiger partial charge is 0.344 e. The Morgan fingerprint density at radius 2 is 1.76 bits per heavy atom. The third-order valence-corrected chi connectivity index (χ3v) is 3.33. The van der Waals surface area contributed by atoms with Crippen molar-refractivity contribution >= 4 is 28.8 Å². The molecule has 0 saturated carbocycles. The van der Waals surface area contributed by atoms with Crippen LogP contribution in [0.5, 0.6) is 0 Å².